The quantitative estimate of drug-likeness (QED) is 0.566. The van der Waals surface area contributed by atoms with Crippen molar-refractivity contribution in [3.63, 3.8) is 0 Å². The van der Waals surface area contributed by atoms with E-state index in [-0.39, 0.29) is 5.78 Å². The summed E-state index contributed by atoms with van der Waals surface area (Å²) in [6.07, 6.45) is -1.17. The maximum absolute atomic E-state index is 12.0. The Balaban J connectivity index is 2.17. The Morgan fingerprint density at radius 3 is 2.78 bits per heavy atom. The van der Waals surface area contributed by atoms with E-state index in [4.69, 9.17) is 4.74 Å². The molecule has 0 fully saturated rings. The summed E-state index contributed by atoms with van der Waals surface area (Å²) in [6.45, 7) is 0. The largest absolute Gasteiger partial charge is 0.469 e. The molecule has 3 rings (SSSR count). The number of carbonyl (C=O) groups is 2. The van der Waals surface area contributed by atoms with Crippen LogP contribution in [-0.4, -0.2) is 25.0 Å². The van der Waals surface area contributed by atoms with Crippen molar-refractivity contribution in [2.24, 2.45) is 0 Å². The zero-order valence-corrected chi connectivity index (χ0v) is 9.67. The molecule has 0 bridgehead atoms. The van der Waals surface area contributed by atoms with Crippen LogP contribution in [0.5, 0.6) is 5.75 Å². The first kappa shape index (κ1) is 10.8. The van der Waals surface area contributed by atoms with E-state index in [0.29, 0.717) is 11.3 Å². The maximum Gasteiger partial charge on any atom is 0.355 e. The van der Waals surface area contributed by atoms with Gasteiger partial charge in [-0.25, -0.2) is 4.79 Å². The number of ketones is 1. The van der Waals surface area contributed by atoms with Crippen LogP contribution in [0, 0.1) is 0 Å². The fourth-order valence-electron chi connectivity index (χ4n) is 2.14. The lowest BCUT2D eigenvalue weighted by Crippen LogP contribution is -2.31. The number of methoxy groups -OCH3 is 1. The summed E-state index contributed by atoms with van der Waals surface area (Å²) >= 11 is 0. The molecule has 1 heterocycles. The Kier molecular flexibility index (Phi) is 2.30. The summed E-state index contributed by atoms with van der Waals surface area (Å²) in [5, 5.41) is 1.80. The van der Waals surface area contributed by atoms with Gasteiger partial charge in [0.1, 0.15) is 5.75 Å². The third-order valence-corrected chi connectivity index (χ3v) is 3.03. The van der Waals surface area contributed by atoms with Gasteiger partial charge in [0.25, 0.3) is 6.10 Å². The number of rotatable bonds is 1. The van der Waals surface area contributed by atoms with E-state index in [2.05, 4.69) is 4.74 Å². The van der Waals surface area contributed by atoms with Gasteiger partial charge in [-0.05, 0) is 11.5 Å². The second-order valence-corrected chi connectivity index (χ2v) is 4.05. The minimum atomic E-state index is -1.17. The van der Waals surface area contributed by atoms with E-state index >= 15 is 0 Å². The van der Waals surface area contributed by atoms with Gasteiger partial charge in [-0.1, -0.05) is 30.3 Å². The molecule has 1 atom stereocenters. The van der Waals surface area contributed by atoms with Gasteiger partial charge in [-0.2, -0.15) is 0 Å². The highest BCUT2D eigenvalue weighted by Crippen LogP contribution is 2.36. The van der Waals surface area contributed by atoms with Crippen LogP contribution >= 0.6 is 0 Å². The highest BCUT2D eigenvalue weighted by Gasteiger charge is 2.39. The molecule has 4 nitrogen and oxygen atoms in total. The van der Waals surface area contributed by atoms with Gasteiger partial charge in [-0.3, -0.25) is 4.79 Å². The SMILES string of the molecule is COC(=O)C1Oc2c(ccc3ccccc23)C1=O. The van der Waals surface area contributed by atoms with Gasteiger partial charge in [0.05, 0.1) is 12.7 Å². The van der Waals surface area contributed by atoms with Gasteiger partial charge < -0.3 is 9.47 Å². The molecular formula is C14H10O4. The Morgan fingerprint density at radius 2 is 2.00 bits per heavy atom. The summed E-state index contributed by atoms with van der Waals surface area (Å²) in [4.78, 5) is 23.5. The normalized spacial score (nSPS) is 17.4. The number of Topliss-reactive ketones (excluding diaryl/α,β-unsaturated/α-hetero) is 1. The molecule has 1 aliphatic heterocycles. The van der Waals surface area contributed by atoms with Gasteiger partial charge in [0.2, 0.25) is 5.78 Å². The van der Waals surface area contributed by atoms with Crippen molar-refractivity contribution >= 4 is 22.5 Å². The van der Waals surface area contributed by atoms with Crippen LogP contribution in [0.2, 0.25) is 0 Å². The average Bonchev–Trinajstić information content (AvgIpc) is 2.76. The molecule has 0 saturated carbocycles. The molecule has 0 spiro atoms. The number of hydrogen-bond acceptors (Lipinski definition) is 4. The molecule has 0 saturated heterocycles. The van der Waals surface area contributed by atoms with Gasteiger partial charge in [-0.15, -0.1) is 0 Å². The molecule has 18 heavy (non-hydrogen) atoms. The number of ether oxygens (including phenoxy) is 2. The Labute approximate surface area is 103 Å². The van der Waals surface area contributed by atoms with E-state index in [9.17, 15) is 9.59 Å². The molecule has 2 aromatic carbocycles. The molecule has 0 aromatic heterocycles. The van der Waals surface area contributed by atoms with Crippen molar-refractivity contribution < 1.29 is 19.1 Å². The predicted molar refractivity (Wildman–Crippen MR) is 64.7 cm³/mol. The van der Waals surface area contributed by atoms with Crippen molar-refractivity contribution in [1.29, 1.82) is 0 Å². The predicted octanol–water partition coefficient (Wildman–Crippen LogP) is 1.96. The summed E-state index contributed by atoms with van der Waals surface area (Å²) in [7, 11) is 1.24. The second kappa shape index (κ2) is 3.84. The second-order valence-electron chi connectivity index (χ2n) is 4.05. The molecule has 2 aromatic rings. The molecule has 0 N–H and O–H groups in total. The van der Waals surface area contributed by atoms with Gasteiger partial charge >= 0.3 is 5.97 Å². The van der Waals surface area contributed by atoms with E-state index in [0.717, 1.165) is 10.8 Å². The maximum atomic E-state index is 12.0. The molecule has 0 radical (unpaired) electrons. The lowest BCUT2D eigenvalue weighted by Gasteiger charge is -2.07. The summed E-state index contributed by atoms with van der Waals surface area (Å²) in [5.74, 6) is -0.545. The molecule has 0 aliphatic carbocycles. The third-order valence-electron chi connectivity index (χ3n) is 3.03. The van der Waals surface area contributed by atoms with Crippen LogP contribution in [0.25, 0.3) is 10.8 Å². The van der Waals surface area contributed by atoms with Crippen LogP contribution in [0.1, 0.15) is 10.4 Å². The van der Waals surface area contributed by atoms with Crippen LogP contribution in [-0.2, 0) is 9.53 Å². The zero-order valence-electron chi connectivity index (χ0n) is 9.67. The number of esters is 1. The first-order chi connectivity index (χ1) is 8.72. The first-order valence-corrected chi connectivity index (χ1v) is 5.53. The fourth-order valence-corrected chi connectivity index (χ4v) is 2.14. The first-order valence-electron chi connectivity index (χ1n) is 5.53. The minimum absolute atomic E-state index is 0.345. The Bertz CT molecular complexity index is 660. The van der Waals surface area contributed by atoms with Crippen molar-refractivity contribution in [3.05, 3.63) is 42.0 Å². The summed E-state index contributed by atoms with van der Waals surface area (Å²) in [6, 6.07) is 11.1. The topological polar surface area (TPSA) is 52.6 Å². The van der Waals surface area contributed by atoms with Crippen molar-refractivity contribution in [2.45, 2.75) is 6.10 Å². The minimum Gasteiger partial charge on any atom is -0.469 e. The molecule has 1 aliphatic rings. The molecule has 1 unspecified atom stereocenters. The summed E-state index contributed by atoms with van der Waals surface area (Å²) in [5.41, 5.74) is 0.434. The van der Waals surface area contributed by atoms with Crippen LogP contribution < -0.4 is 4.74 Å². The number of hydrogen-bond donors (Lipinski definition) is 0. The highest BCUT2D eigenvalue weighted by molar-refractivity contribution is 6.17. The van der Waals surface area contributed by atoms with Gasteiger partial charge in [0, 0.05) is 5.39 Å². The molecule has 0 amide bonds. The lowest BCUT2D eigenvalue weighted by atomic mass is 10.0. The number of benzene rings is 2. The Morgan fingerprint density at radius 1 is 1.22 bits per heavy atom. The molecule has 4 heteroatoms. The van der Waals surface area contributed by atoms with E-state index in [1.54, 1.807) is 6.07 Å². The van der Waals surface area contributed by atoms with Crippen molar-refractivity contribution in [3.8, 4) is 5.75 Å². The third kappa shape index (κ3) is 1.39. The van der Waals surface area contributed by atoms with Crippen LogP contribution in [0.15, 0.2) is 36.4 Å². The lowest BCUT2D eigenvalue weighted by molar-refractivity contribution is -0.145. The van der Waals surface area contributed by atoms with Crippen molar-refractivity contribution in [2.75, 3.05) is 7.11 Å². The van der Waals surface area contributed by atoms with Crippen LogP contribution in [0.3, 0.4) is 0 Å². The molecule has 90 valence electrons. The standard InChI is InChI=1S/C14H10O4/c1-17-14(16)13-11(15)10-7-6-8-4-2-3-5-9(8)12(10)18-13/h2-7,13H,1H3. The van der Waals surface area contributed by atoms with E-state index < -0.39 is 12.1 Å². The van der Waals surface area contributed by atoms with E-state index in [1.807, 2.05) is 30.3 Å². The smallest absolute Gasteiger partial charge is 0.355 e. The van der Waals surface area contributed by atoms with Crippen LogP contribution in [0.4, 0.5) is 0 Å². The summed E-state index contributed by atoms with van der Waals surface area (Å²) < 4.78 is 10.0. The Hall–Kier alpha value is -2.36. The zero-order chi connectivity index (χ0) is 12.7. The number of fused-ring (bicyclic) bond motifs is 3. The monoisotopic (exact) mass is 242 g/mol. The number of carbonyl (C=O) groups excluding carboxylic acids is 2. The highest BCUT2D eigenvalue weighted by atomic mass is 16.6. The van der Waals surface area contributed by atoms with Gasteiger partial charge in [0.15, 0.2) is 0 Å². The molecular weight excluding hydrogens is 232 g/mol. The average molecular weight is 242 g/mol. The van der Waals surface area contributed by atoms with Crippen molar-refractivity contribution in [1.82, 2.24) is 0 Å². The fraction of sp³-hybridized carbons (Fsp3) is 0.143. The van der Waals surface area contributed by atoms with E-state index in [1.165, 1.54) is 7.11 Å².